The molecule has 1 aromatic carbocycles. The summed E-state index contributed by atoms with van der Waals surface area (Å²) in [7, 11) is 0. The van der Waals surface area contributed by atoms with Crippen molar-refractivity contribution in [3.05, 3.63) is 75.9 Å². The van der Waals surface area contributed by atoms with E-state index >= 15 is 0 Å². The highest BCUT2D eigenvalue weighted by molar-refractivity contribution is 6.31. The van der Waals surface area contributed by atoms with Crippen molar-refractivity contribution in [2.24, 2.45) is 0 Å². The Kier molecular flexibility index (Phi) is 4.33. The summed E-state index contributed by atoms with van der Waals surface area (Å²) in [5.74, 6) is 0.419. The fourth-order valence-corrected chi connectivity index (χ4v) is 3.02. The largest absolute Gasteiger partial charge is 0.347 e. The fraction of sp³-hybridized carbons (Fsp3) is 0.111. The minimum Gasteiger partial charge on any atom is -0.347 e. The first-order valence-corrected chi connectivity index (χ1v) is 8.49. The molecule has 0 saturated heterocycles. The van der Waals surface area contributed by atoms with E-state index in [9.17, 15) is 9.18 Å². The molecule has 136 valence electrons. The van der Waals surface area contributed by atoms with Gasteiger partial charge in [0.2, 0.25) is 5.95 Å². The maximum absolute atomic E-state index is 14.0. The van der Waals surface area contributed by atoms with Gasteiger partial charge in [-0.15, -0.1) is 0 Å². The lowest BCUT2D eigenvalue weighted by molar-refractivity contribution is 0.636. The number of anilines is 1. The molecule has 0 radical (unpaired) electrons. The van der Waals surface area contributed by atoms with Crippen molar-refractivity contribution in [2.45, 2.75) is 13.0 Å². The van der Waals surface area contributed by atoms with E-state index in [1.54, 1.807) is 54.6 Å². The summed E-state index contributed by atoms with van der Waals surface area (Å²) < 4.78 is 15.7. The molecule has 3 aromatic heterocycles. The molecule has 4 aromatic rings. The second kappa shape index (κ2) is 6.81. The molecule has 3 heterocycles. The van der Waals surface area contributed by atoms with Gasteiger partial charge in [0.15, 0.2) is 0 Å². The zero-order valence-corrected chi connectivity index (χ0v) is 14.9. The van der Waals surface area contributed by atoms with Gasteiger partial charge in [-0.2, -0.15) is 4.98 Å². The Morgan fingerprint density at radius 3 is 2.93 bits per heavy atom. The number of nitrogens with one attached hydrogen (secondary N) is 2. The van der Waals surface area contributed by atoms with Crippen molar-refractivity contribution in [1.82, 2.24) is 24.5 Å². The number of hydrogen-bond donors (Lipinski definition) is 2. The summed E-state index contributed by atoms with van der Waals surface area (Å²) in [6, 6.07) is 5.70. The summed E-state index contributed by atoms with van der Waals surface area (Å²) in [6.07, 6.45) is 6.65. The second-order valence-electron chi connectivity index (χ2n) is 5.98. The highest BCUT2D eigenvalue weighted by Gasteiger charge is 2.14. The number of halogens is 2. The number of aromatic amines is 1. The molecule has 7 nitrogen and oxygen atoms in total. The third-order valence-electron chi connectivity index (χ3n) is 4.12. The summed E-state index contributed by atoms with van der Waals surface area (Å²) in [6.45, 7) is 1.80. The molecule has 27 heavy (non-hydrogen) atoms. The number of aromatic nitrogens is 5. The van der Waals surface area contributed by atoms with Crippen LogP contribution in [0.3, 0.4) is 0 Å². The van der Waals surface area contributed by atoms with Crippen LogP contribution in [0.15, 0.2) is 54.0 Å². The second-order valence-corrected chi connectivity index (χ2v) is 6.42. The predicted molar refractivity (Wildman–Crippen MR) is 101 cm³/mol. The Morgan fingerprint density at radius 1 is 1.30 bits per heavy atom. The van der Waals surface area contributed by atoms with Crippen LogP contribution in [0.4, 0.5) is 10.3 Å². The molecule has 9 heteroatoms. The van der Waals surface area contributed by atoms with Crippen LogP contribution in [-0.2, 0) is 0 Å². The Morgan fingerprint density at radius 2 is 2.15 bits per heavy atom. The van der Waals surface area contributed by atoms with Gasteiger partial charge in [0.05, 0.1) is 11.6 Å². The number of imidazole rings is 1. The van der Waals surface area contributed by atoms with Crippen LogP contribution in [0, 0.1) is 5.82 Å². The molecule has 0 bridgehead atoms. The van der Waals surface area contributed by atoms with Crippen LogP contribution < -0.4 is 10.9 Å². The zero-order valence-electron chi connectivity index (χ0n) is 14.1. The van der Waals surface area contributed by atoms with Gasteiger partial charge in [-0.1, -0.05) is 11.6 Å². The number of pyridine rings is 1. The Hall–Kier alpha value is -3.26. The third kappa shape index (κ3) is 3.39. The molecule has 2 N–H and O–H groups in total. The van der Waals surface area contributed by atoms with E-state index in [1.807, 2.05) is 0 Å². The number of rotatable bonds is 4. The summed E-state index contributed by atoms with van der Waals surface area (Å²) in [5.41, 5.74) is 0.147. The van der Waals surface area contributed by atoms with E-state index in [4.69, 9.17) is 11.6 Å². The molecule has 0 unspecified atom stereocenters. The first-order valence-electron chi connectivity index (χ1n) is 8.11. The lowest BCUT2D eigenvalue weighted by atomic mass is 10.1. The number of fused-ring (bicyclic) bond motifs is 1. The predicted octanol–water partition coefficient (Wildman–Crippen LogP) is 3.47. The lowest BCUT2D eigenvalue weighted by Gasteiger charge is -2.15. The van der Waals surface area contributed by atoms with Crippen LogP contribution in [0.1, 0.15) is 18.5 Å². The minimum atomic E-state index is -0.571. The maximum Gasteiger partial charge on any atom is 0.253 e. The van der Waals surface area contributed by atoms with Crippen molar-refractivity contribution in [3.63, 3.8) is 0 Å². The topological polar surface area (TPSA) is 88.5 Å². The van der Waals surface area contributed by atoms with Gasteiger partial charge in [-0.3, -0.25) is 9.36 Å². The molecule has 0 aliphatic heterocycles. The molecule has 0 spiro atoms. The van der Waals surface area contributed by atoms with Crippen molar-refractivity contribution >= 4 is 28.5 Å². The summed E-state index contributed by atoms with van der Waals surface area (Å²) in [4.78, 5) is 27.6. The quantitative estimate of drug-likeness (QED) is 0.562. The average Bonchev–Trinajstić information content (AvgIpc) is 3.17. The van der Waals surface area contributed by atoms with E-state index in [-0.39, 0.29) is 10.5 Å². The Bertz CT molecular complexity index is 1170. The normalized spacial score (nSPS) is 12.3. The average molecular weight is 385 g/mol. The third-order valence-corrected chi connectivity index (χ3v) is 4.34. The molecular formula is C18H14ClFN6O. The maximum atomic E-state index is 14.0. The first kappa shape index (κ1) is 17.2. The molecular weight excluding hydrogens is 371 g/mol. The van der Waals surface area contributed by atoms with Gasteiger partial charge in [0.1, 0.15) is 18.0 Å². The van der Waals surface area contributed by atoms with Gasteiger partial charge >= 0.3 is 0 Å². The van der Waals surface area contributed by atoms with Gasteiger partial charge < -0.3 is 10.3 Å². The highest BCUT2D eigenvalue weighted by Crippen LogP contribution is 2.23. The molecule has 0 aliphatic rings. The van der Waals surface area contributed by atoms with Crippen LogP contribution in [0.25, 0.3) is 16.7 Å². The van der Waals surface area contributed by atoms with Crippen molar-refractivity contribution < 1.29 is 4.39 Å². The van der Waals surface area contributed by atoms with Gasteiger partial charge in [-0.05, 0) is 31.2 Å². The standard InChI is InChI=1S/C18H14ClFN6O/c1-10(23-18-22-3-2-15(24-18)26-5-4-21-9-26)13-7-11-6-12(19)8-14(20)16(11)25-17(13)27/h2-10H,1H3,(H,25,27)(H,22,23,24)/t10-/m0/s1. The van der Waals surface area contributed by atoms with E-state index in [2.05, 4.69) is 25.3 Å². The molecule has 1 atom stereocenters. The van der Waals surface area contributed by atoms with Gasteiger partial charge in [0, 0.05) is 34.6 Å². The minimum absolute atomic E-state index is 0.124. The first-order chi connectivity index (χ1) is 13.0. The fourth-order valence-electron chi connectivity index (χ4n) is 2.81. The molecule has 0 amide bonds. The van der Waals surface area contributed by atoms with E-state index in [0.29, 0.717) is 22.7 Å². The number of H-pyrrole nitrogens is 1. The smallest absolute Gasteiger partial charge is 0.253 e. The molecule has 4 rings (SSSR count). The highest BCUT2D eigenvalue weighted by atomic mass is 35.5. The SMILES string of the molecule is C[C@H](Nc1nccc(-n2ccnc2)n1)c1cc2cc(Cl)cc(F)c2[nH]c1=O. The Balaban J connectivity index is 1.67. The monoisotopic (exact) mass is 384 g/mol. The van der Waals surface area contributed by atoms with Crippen LogP contribution in [0.2, 0.25) is 5.02 Å². The zero-order chi connectivity index (χ0) is 19.0. The molecule has 0 saturated carbocycles. The molecule has 0 fully saturated rings. The van der Waals surface area contributed by atoms with Gasteiger partial charge in [0.25, 0.3) is 5.56 Å². The number of benzene rings is 1. The number of hydrogen-bond acceptors (Lipinski definition) is 5. The molecule has 0 aliphatic carbocycles. The Labute approximate surface area is 157 Å². The van der Waals surface area contributed by atoms with E-state index in [0.717, 1.165) is 6.07 Å². The summed E-state index contributed by atoms with van der Waals surface area (Å²) >= 11 is 5.92. The van der Waals surface area contributed by atoms with Crippen LogP contribution in [0.5, 0.6) is 0 Å². The number of nitrogens with zero attached hydrogens (tertiary/aromatic N) is 4. The van der Waals surface area contributed by atoms with E-state index < -0.39 is 17.4 Å². The summed E-state index contributed by atoms with van der Waals surface area (Å²) in [5, 5.41) is 3.86. The van der Waals surface area contributed by atoms with Crippen molar-refractivity contribution in [2.75, 3.05) is 5.32 Å². The van der Waals surface area contributed by atoms with E-state index in [1.165, 1.54) is 0 Å². The lowest BCUT2D eigenvalue weighted by Crippen LogP contribution is -2.20. The van der Waals surface area contributed by atoms with Gasteiger partial charge in [-0.25, -0.2) is 14.4 Å². The van der Waals surface area contributed by atoms with Crippen molar-refractivity contribution in [1.29, 1.82) is 0 Å². The van der Waals surface area contributed by atoms with Crippen molar-refractivity contribution in [3.8, 4) is 5.82 Å². The van der Waals surface area contributed by atoms with Crippen LogP contribution in [-0.4, -0.2) is 24.5 Å². The van der Waals surface area contributed by atoms with Crippen LogP contribution >= 0.6 is 11.6 Å².